The summed E-state index contributed by atoms with van der Waals surface area (Å²) in [6.07, 6.45) is 0. The quantitative estimate of drug-likeness (QED) is 0.343. The van der Waals surface area contributed by atoms with Crippen LogP contribution in [0.1, 0.15) is 0 Å². The van der Waals surface area contributed by atoms with Crippen LogP contribution in [0, 0.1) is 0 Å². The van der Waals surface area contributed by atoms with E-state index in [2.05, 4.69) is 13.5 Å². The van der Waals surface area contributed by atoms with E-state index in [1.807, 2.05) is 0 Å². The summed E-state index contributed by atoms with van der Waals surface area (Å²) in [6, 6.07) is 0. The molecular weight excluding hydrogens is 202 g/mol. The highest BCUT2D eigenvalue weighted by atomic mass is 31.3. The summed E-state index contributed by atoms with van der Waals surface area (Å²) in [5, 5.41) is 7.79. The van der Waals surface area contributed by atoms with Crippen LogP contribution in [0.4, 0.5) is 0 Å². The summed E-state index contributed by atoms with van der Waals surface area (Å²) >= 11 is 0. The Balaban J connectivity index is 4.34. The zero-order chi connectivity index (χ0) is 9.12. The predicted molar refractivity (Wildman–Crippen MR) is 31.5 cm³/mol. The van der Waals surface area contributed by atoms with Crippen LogP contribution in [0.5, 0.6) is 0 Å². The normalized spacial score (nSPS) is 17.8. The van der Waals surface area contributed by atoms with Gasteiger partial charge in [-0.25, -0.2) is 14.4 Å². The Hall–Kier alpha value is 0.220. The Labute approximate surface area is 61.5 Å². The molecular formula is CH6O8P2. The molecule has 0 saturated heterocycles. The zero-order valence-electron chi connectivity index (χ0n) is 5.28. The van der Waals surface area contributed by atoms with E-state index >= 15 is 0 Å². The largest absolute Gasteiger partial charge is 0.510 e. The van der Waals surface area contributed by atoms with Crippen LogP contribution in [0.15, 0.2) is 0 Å². The van der Waals surface area contributed by atoms with Gasteiger partial charge in [0.05, 0.1) is 0 Å². The number of hydrogen-bond acceptors (Lipinski definition) is 6. The molecule has 0 aromatic heterocycles. The summed E-state index contributed by atoms with van der Waals surface area (Å²) in [5.74, 6) is 0. The molecule has 0 aliphatic carbocycles. The van der Waals surface area contributed by atoms with Crippen molar-refractivity contribution in [2.24, 2.45) is 0 Å². The van der Waals surface area contributed by atoms with Crippen molar-refractivity contribution in [3.8, 4) is 0 Å². The van der Waals surface area contributed by atoms with Crippen molar-refractivity contribution >= 4 is 15.6 Å². The zero-order valence-corrected chi connectivity index (χ0v) is 7.07. The maximum absolute atomic E-state index is 10.6. The third-order valence-corrected chi connectivity index (χ3v) is 2.83. The minimum absolute atomic E-state index is 0.784. The maximum atomic E-state index is 10.6. The van der Waals surface area contributed by atoms with Crippen LogP contribution in [-0.4, -0.2) is 22.2 Å². The first kappa shape index (κ1) is 11.2. The highest BCUT2D eigenvalue weighted by Gasteiger charge is 2.35. The average molecular weight is 208 g/mol. The van der Waals surface area contributed by atoms with E-state index in [1.165, 1.54) is 0 Å². The lowest BCUT2D eigenvalue weighted by Crippen LogP contribution is -1.92. The monoisotopic (exact) mass is 208 g/mol. The van der Waals surface area contributed by atoms with Gasteiger partial charge in [-0.05, 0) is 0 Å². The Kier molecular flexibility index (Phi) is 3.83. The molecule has 0 rings (SSSR count). The average Bonchev–Trinajstić information content (AvgIpc) is 1.84. The fourth-order valence-corrected chi connectivity index (χ4v) is 1.71. The lowest BCUT2D eigenvalue weighted by Gasteiger charge is -2.10. The molecule has 1 atom stereocenters. The smallest absolute Gasteiger partial charge is 0.302 e. The molecule has 0 fully saturated rings. The van der Waals surface area contributed by atoms with Crippen molar-refractivity contribution in [1.29, 1.82) is 0 Å². The van der Waals surface area contributed by atoms with Crippen molar-refractivity contribution in [3.63, 3.8) is 0 Å². The molecule has 1 unspecified atom stereocenters. The van der Waals surface area contributed by atoms with Gasteiger partial charge in [0.2, 0.25) is 0 Å². The molecule has 0 amide bonds. The van der Waals surface area contributed by atoms with Crippen LogP contribution in [0.3, 0.4) is 0 Å². The summed E-state index contributed by atoms with van der Waals surface area (Å²) in [7, 11) is -8.72. The molecule has 0 aliphatic rings. The molecule has 0 aromatic carbocycles. The fourth-order valence-electron chi connectivity index (χ4n) is 0.212. The van der Waals surface area contributed by atoms with Gasteiger partial charge in [0.25, 0.3) is 0 Å². The Morgan fingerprint density at radius 3 is 1.82 bits per heavy atom. The molecule has 0 aliphatic heterocycles. The summed E-state index contributed by atoms with van der Waals surface area (Å²) < 4.78 is 30.9. The van der Waals surface area contributed by atoms with Crippen molar-refractivity contribution in [2.75, 3.05) is 7.11 Å². The number of rotatable bonds is 4. The van der Waals surface area contributed by atoms with Crippen LogP contribution in [0.2, 0.25) is 0 Å². The Morgan fingerprint density at radius 2 is 1.73 bits per heavy atom. The molecule has 3 N–H and O–H groups in total. The first-order valence-electron chi connectivity index (χ1n) is 2.09. The second-order valence-electron chi connectivity index (χ2n) is 1.28. The highest BCUT2D eigenvalue weighted by Crippen LogP contribution is 2.59. The summed E-state index contributed by atoms with van der Waals surface area (Å²) in [5.41, 5.74) is 0. The first-order chi connectivity index (χ1) is 4.83. The van der Waals surface area contributed by atoms with Gasteiger partial charge in [-0.1, -0.05) is 0 Å². The van der Waals surface area contributed by atoms with Crippen molar-refractivity contribution in [1.82, 2.24) is 0 Å². The van der Waals surface area contributed by atoms with Gasteiger partial charge in [0.1, 0.15) is 0 Å². The Bertz CT molecular complexity index is 194. The van der Waals surface area contributed by atoms with Gasteiger partial charge in [0, 0.05) is 7.11 Å². The minimum atomic E-state index is -4.99. The predicted octanol–water partition coefficient (Wildman–Crippen LogP) is 0.340. The highest BCUT2D eigenvalue weighted by molar-refractivity contribution is 7.61. The van der Waals surface area contributed by atoms with E-state index in [0.717, 1.165) is 7.11 Å². The lowest BCUT2D eigenvalue weighted by molar-refractivity contribution is -0.159. The van der Waals surface area contributed by atoms with E-state index in [-0.39, 0.29) is 0 Å². The third kappa shape index (κ3) is 4.62. The molecule has 0 bridgehead atoms. The van der Waals surface area contributed by atoms with Gasteiger partial charge >= 0.3 is 15.6 Å². The van der Waals surface area contributed by atoms with Gasteiger partial charge in [-0.3, -0.25) is 4.52 Å². The molecule has 0 radical (unpaired) electrons. The topological polar surface area (TPSA) is 123 Å². The van der Waals surface area contributed by atoms with Crippen LogP contribution in [-0.2, 0) is 22.6 Å². The van der Waals surface area contributed by atoms with Crippen LogP contribution >= 0.6 is 15.6 Å². The van der Waals surface area contributed by atoms with Crippen molar-refractivity contribution in [2.45, 2.75) is 0 Å². The van der Waals surface area contributed by atoms with Crippen LogP contribution in [0.25, 0.3) is 0 Å². The molecule has 68 valence electrons. The Morgan fingerprint density at radius 1 is 1.27 bits per heavy atom. The van der Waals surface area contributed by atoms with E-state index in [0.29, 0.717) is 0 Å². The van der Waals surface area contributed by atoms with Gasteiger partial charge in [0.15, 0.2) is 0 Å². The molecule has 11 heavy (non-hydrogen) atoms. The van der Waals surface area contributed by atoms with Gasteiger partial charge in [-0.15, -0.1) is 4.67 Å². The summed E-state index contributed by atoms with van der Waals surface area (Å²) in [6.45, 7) is 0. The summed E-state index contributed by atoms with van der Waals surface area (Å²) in [4.78, 5) is 16.1. The minimum Gasteiger partial charge on any atom is -0.302 e. The molecule has 0 spiro atoms. The van der Waals surface area contributed by atoms with E-state index in [4.69, 9.17) is 15.0 Å². The van der Waals surface area contributed by atoms with E-state index in [9.17, 15) is 9.13 Å². The number of hydrogen-bond donors (Lipinski definition) is 3. The second-order valence-corrected chi connectivity index (χ2v) is 4.34. The van der Waals surface area contributed by atoms with E-state index in [1.54, 1.807) is 0 Å². The van der Waals surface area contributed by atoms with Gasteiger partial charge < -0.3 is 9.79 Å². The van der Waals surface area contributed by atoms with Gasteiger partial charge in [-0.2, -0.15) is 4.31 Å². The molecule has 0 aromatic rings. The molecule has 8 nitrogen and oxygen atoms in total. The lowest BCUT2D eigenvalue weighted by atomic mass is 11.8. The maximum Gasteiger partial charge on any atom is 0.510 e. The third-order valence-electron chi connectivity index (χ3n) is 0.530. The molecule has 10 heteroatoms. The second kappa shape index (κ2) is 3.75. The number of phosphoric acid groups is 2. The molecule has 0 saturated carbocycles. The van der Waals surface area contributed by atoms with Crippen molar-refractivity contribution < 1.29 is 37.7 Å². The molecule has 0 heterocycles. The SMILES string of the molecule is COP(=O)(OO)OP(=O)(O)O. The fraction of sp³-hybridized carbons (Fsp3) is 1.00. The van der Waals surface area contributed by atoms with Crippen molar-refractivity contribution in [3.05, 3.63) is 0 Å². The van der Waals surface area contributed by atoms with Crippen LogP contribution < -0.4 is 0 Å². The first-order valence-corrected chi connectivity index (χ1v) is 5.08. The van der Waals surface area contributed by atoms with E-state index < -0.39 is 15.6 Å². The standard InChI is InChI=1S/CH6O8P2/c1-7-11(6,8-2)9-10(3,4)5/h2H,1H3,(H2,3,4,5).